The molecule has 0 aliphatic carbocycles. The Kier molecular flexibility index (Phi) is 36.7. The number of unbranched alkanes of at least 4 members (excludes halogenated alkanes) is 19. The van der Waals surface area contributed by atoms with Crippen molar-refractivity contribution >= 4 is 19.8 Å². The van der Waals surface area contributed by atoms with Crippen LogP contribution in [-0.2, 0) is 32.7 Å². The average Bonchev–Trinajstić information content (AvgIpc) is 3.11. The minimum absolute atomic E-state index is 0.0500. The first-order valence-electron chi connectivity index (χ1n) is 20.5. The van der Waals surface area contributed by atoms with E-state index in [-0.39, 0.29) is 32.6 Å². The van der Waals surface area contributed by atoms with E-state index >= 15 is 0 Å². The van der Waals surface area contributed by atoms with Crippen LogP contribution in [0.25, 0.3) is 0 Å². The number of phosphoric ester groups is 1. The lowest BCUT2D eigenvalue weighted by molar-refractivity contribution is -0.161. The third kappa shape index (κ3) is 37.8. The summed E-state index contributed by atoms with van der Waals surface area (Å²) >= 11 is 0. The Labute approximate surface area is 312 Å². The van der Waals surface area contributed by atoms with Crippen LogP contribution in [0, 0.1) is 0 Å². The lowest BCUT2D eigenvalue weighted by Gasteiger charge is -2.19. The van der Waals surface area contributed by atoms with Gasteiger partial charge in [-0.1, -0.05) is 134 Å². The average molecular weight is 742 g/mol. The highest BCUT2D eigenvalue weighted by atomic mass is 31.2. The number of hydrogen-bond donors (Lipinski definition) is 2. The van der Waals surface area contributed by atoms with Crippen molar-refractivity contribution in [3.8, 4) is 0 Å². The van der Waals surface area contributed by atoms with E-state index in [2.05, 4.69) is 50.3 Å². The summed E-state index contributed by atoms with van der Waals surface area (Å²) in [5, 5.41) is 0. The van der Waals surface area contributed by atoms with Gasteiger partial charge in [0, 0.05) is 19.4 Å². The number of esters is 2. The van der Waals surface area contributed by atoms with Gasteiger partial charge in [-0.05, 0) is 70.6 Å². The summed E-state index contributed by atoms with van der Waals surface area (Å²) in [6, 6.07) is 0. The summed E-state index contributed by atoms with van der Waals surface area (Å²) in [5.41, 5.74) is 5.34. The number of ether oxygens (including phenoxy) is 2. The second-order valence-electron chi connectivity index (χ2n) is 13.5. The molecule has 0 bridgehead atoms. The Morgan fingerprint density at radius 1 is 0.588 bits per heavy atom. The van der Waals surface area contributed by atoms with Gasteiger partial charge in [-0.2, -0.15) is 0 Å². The van der Waals surface area contributed by atoms with E-state index in [1.165, 1.54) is 77.0 Å². The molecule has 0 amide bonds. The molecule has 0 fully saturated rings. The van der Waals surface area contributed by atoms with Crippen molar-refractivity contribution in [3.63, 3.8) is 0 Å². The molecule has 51 heavy (non-hydrogen) atoms. The lowest BCUT2D eigenvalue weighted by Crippen LogP contribution is -2.29. The maximum Gasteiger partial charge on any atom is 0.472 e. The predicted molar refractivity (Wildman–Crippen MR) is 210 cm³/mol. The molecule has 3 N–H and O–H groups in total. The number of carbonyl (C=O) groups is 2. The molecule has 0 aliphatic heterocycles. The van der Waals surface area contributed by atoms with Crippen LogP contribution in [0.15, 0.2) is 36.5 Å². The fourth-order valence-electron chi connectivity index (χ4n) is 5.42. The molecule has 10 heteroatoms. The Hall–Kier alpha value is -1.77. The maximum absolute atomic E-state index is 12.5. The van der Waals surface area contributed by atoms with Gasteiger partial charge in [-0.3, -0.25) is 18.6 Å². The normalized spacial score (nSPS) is 13.7. The highest BCUT2D eigenvalue weighted by Crippen LogP contribution is 2.43. The van der Waals surface area contributed by atoms with E-state index in [0.717, 1.165) is 70.6 Å². The summed E-state index contributed by atoms with van der Waals surface area (Å²) in [6.07, 6.45) is 40.2. The zero-order chi connectivity index (χ0) is 37.5. The molecule has 0 rings (SSSR count). The first-order chi connectivity index (χ1) is 24.8. The van der Waals surface area contributed by atoms with Gasteiger partial charge in [0.2, 0.25) is 0 Å². The van der Waals surface area contributed by atoms with E-state index in [1.807, 2.05) is 0 Å². The highest BCUT2D eigenvalue weighted by molar-refractivity contribution is 7.47. The summed E-state index contributed by atoms with van der Waals surface area (Å²) in [5.74, 6) is -0.850. The van der Waals surface area contributed by atoms with Gasteiger partial charge >= 0.3 is 19.8 Å². The summed E-state index contributed by atoms with van der Waals surface area (Å²) in [7, 11) is -4.38. The van der Waals surface area contributed by atoms with Gasteiger partial charge in [0.1, 0.15) is 6.61 Å². The largest absolute Gasteiger partial charge is 0.472 e. The Bertz CT molecular complexity index is 939. The first kappa shape index (κ1) is 49.2. The van der Waals surface area contributed by atoms with Gasteiger partial charge in [-0.15, -0.1) is 0 Å². The molecule has 2 atom stereocenters. The van der Waals surface area contributed by atoms with E-state index < -0.39 is 32.5 Å². The molecule has 9 nitrogen and oxygen atoms in total. The number of carbonyl (C=O) groups excluding carboxylic acids is 2. The van der Waals surface area contributed by atoms with E-state index in [9.17, 15) is 19.0 Å². The van der Waals surface area contributed by atoms with Crippen molar-refractivity contribution in [3.05, 3.63) is 36.5 Å². The topological polar surface area (TPSA) is 134 Å². The van der Waals surface area contributed by atoms with Crippen LogP contribution in [0.5, 0.6) is 0 Å². The standard InChI is InChI=1S/C41H76NO8P/c1-3-5-7-9-11-13-15-17-19-21-23-25-27-29-31-33-40(43)47-37-39(38-49-51(45,46)48-36-35-42)50-41(44)34-32-30-28-26-24-22-20-18-16-14-12-10-8-6-4-2/h12-15,18,20,39H,3-11,16-17,19,21-38,42H2,1-2H3,(H,45,46)/b14-12+,15-13+,20-18-/t39-/m1/s1. The molecular weight excluding hydrogens is 665 g/mol. The van der Waals surface area contributed by atoms with Crippen LogP contribution in [0.3, 0.4) is 0 Å². The van der Waals surface area contributed by atoms with Gasteiger partial charge in [0.05, 0.1) is 13.2 Å². The molecule has 0 radical (unpaired) electrons. The number of hydrogen-bond acceptors (Lipinski definition) is 8. The molecule has 298 valence electrons. The van der Waals surface area contributed by atoms with Crippen molar-refractivity contribution in [1.82, 2.24) is 0 Å². The smallest absolute Gasteiger partial charge is 0.462 e. The molecule has 0 aromatic heterocycles. The molecule has 0 aliphatic rings. The minimum Gasteiger partial charge on any atom is -0.462 e. The summed E-state index contributed by atoms with van der Waals surface area (Å²) < 4.78 is 32.7. The zero-order valence-electron chi connectivity index (χ0n) is 32.6. The monoisotopic (exact) mass is 742 g/mol. The van der Waals surface area contributed by atoms with Crippen LogP contribution in [0.1, 0.15) is 181 Å². The number of phosphoric acid groups is 1. The van der Waals surface area contributed by atoms with Crippen LogP contribution in [0.2, 0.25) is 0 Å². The van der Waals surface area contributed by atoms with Gasteiger partial charge in [0.25, 0.3) is 0 Å². The van der Waals surface area contributed by atoms with E-state index in [1.54, 1.807) is 0 Å². The van der Waals surface area contributed by atoms with Gasteiger partial charge in [-0.25, -0.2) is 4.57 Å². The van der Waals surface area contributed by atoms with Crippen LogP contribution in [0.4, 0.5) is 0 Å². The lowest BCUT2D eigenvalue weighted by atomic mass is 10.1. The second-order valence-corrected chi connectivity index (χ2v) is 14.9. The van der Waals surface area contributed by atoms with Gasteiger partial charge < -0.3 is 20.1 Å². The molecule has 0 aromatic rings. The van der Waals surface area contributed by atoms with Crippen molar-refractivity contribution in [2.45, 2.75) is 187 Å². The van der Waals surface area contributed by atoms with Gasteiger partial charge in [0.15, 0.2) is 6.10 Å². The molecule has 0 saturated heterocycles. The minimum atomic E-state index is -4.38. The Balaban J connectivity index is 4.22. The maximum atomic E-state index is 12.5. The Morgan fingerprint density at radius 2 is 1.02 bits per heavy atom. The Morgan fingerprint density at radius 3 is 1.55 bits per heavy atom. The third-order valence-corrected chi connectivity index (χ3v) is 9.48. The van der Waals surface area contributed by atoms with Crippen molar-refractivity contribution in [2.75, 3.05) is 26.4 Å². The first-order valence-corrected chi connectivity index (χ1v) is 22.0. The van der Waals surface area contributed by atoms with Crippen molar-refractivity contribution in [1.29, 1.82) is 0 Å². The molecule has 0 saturated carbocycles. The third-order valence-electron chi connectivity index (χ3n) is 8.50. The zero-order valence-corrected chi connectivity index (χ0v) is 33.5. The van der Waals surface area contributed by atoms with Crippen molar-refractivity contribution < 1.29 is 37.6 Å². The SMILES string of the molecule is CCCCC/C=C/C/C=C\CCCCCCCC(=O)O[C@H](COC(=O)CCCCCCCCC/C=C/CCCCCC)COP(=O)(O)OCCN. The van der Waals surface area contributed by atoms with E-state index in [4.69, 9.17) is 24.3 Å². The van der Waals surface area contributed by atoms with E-state index in [0.29, 0.717) is 6.42 Å². The molecule has 0 aromatic carbocycles. The predicted octanol–water partition coefficient (Wildman–Crippen LogP) is 11.4. The number of rotatable bonds is 38. The van der Waals surface area contributed by atoms with Crippen molar-refractivity contribution in [2.24, 2.45) is 5.73 Å². The fraction of sp³-hybridized carbons (Fsp3) is 0.805. The fourth-order valence-corrected chi connectivity index (χ4v) is 6.19. The summed E-state index contributed by atoms with van der Waals surface area (Å²) in [4.78, 5) is 34.8. The molecule has 0 heterocycles. The molecule has 0 spiro atoms. The molecular formula is C41H76NO8P. The second kappa shape index (κ2) is 38.0. The summed E-state index contributed by atoms with van der Waals surface area (Å²) in [6.45, 7) is 3.67. The highest BCUT2D eigenvalue weighted by Gasteiger charge is 2.25. The number of allylic oxidation sites excluding steroid dienone is 6. The quantitative estimate of drug-likeness (QED) is 0.0274. The van der Waals surface area contributed by atoms with Crippen LogP contribution >= 0.6 is 7.82 Å². The number of nitrogens with two attached hydrogens (primary N) is 1. The van der Waals surface area contributed by atoms with Crippen LogP contribution in [-0.4, -0.2) is 49.3 Å². The molecule has 1 unspecified atom stereocenters. The van der Waals surface area contributed by atoms with Crippen LogP contribution < -0.4 is 5.73 Å².